The lowest BCUT2D eigenvalue weighted by Gasteiger charge is -2.25. The van der Waals surface area contributed by atoms with Crippen LogP contribution in [0.5, 0.6) is 11.5 Å². The van der Waals surface area contributed by atoms with Crippen molar-refractivity contribution < 1.29 is 34.1 Å². The predicted molar refractivity (Wildman–Crippen MR) is 117 cm³/mol. The Kier molecular flexibility index (Phi) is 7.05. The minimum Gasteiger partial charge on any atom is -0.507 e. The molecule has 32 heavy (non-hydrogen) atoms. The standard InChI is InChI=1S/C23H22ClNO7/c1-31-16-10-7-14(12-17(16)32-2)20-19(21(28)13-5-8-15(24)9-6-13)22(29)23(30)25(20)11-3-4-18(26)27/h5-10,12,20,28H,3-4,11H2,1-2H3,(H,26,27)/b21-19+. The Balaban J connectivity index is 2.14. The van der Waals surface area contributed by atoms with Gasteiger partial charge in [0.25, 0.3) is 11.7 Å². The fourth-order valence-electron chi connectivity index (χ4n) is 3.64. The van der Waals surface area contributed by atoms with Gasteiger partial charge in [0.05, 0.1) is 25.8 Å². The predicted octanol–water partition coefficient (Wildman–Crippen LogP) is 3.64. The van der Waals surface area contributed by atoms with E-state index in [2.05, 4.69) is 0 Å². The molecule has 1 fully saturated rings. The molecule has 1 aliphatic heterocycles. The zero-order valence-corrected chi connectivity index (χ0v) is 18.3. The first kappa shape index (κ1) is 23.1. The van der Waals surface area contributed by atoms with Crippen LogP contribution >= 0.6 is 11.6 Å². The molecular weight excluding hydrogens is 438 g/mol. The van der Waals surface area contributed by atoms with Crippen LogP contribution in [0.2, 0.25) is 5.02 Å². The molecule has 1 saturated heterocycles. The maximum Gasteiger partial charge on any atom is 0.303 e. The van der Waals surface area contributed by atoms with Crippen molar-refractivity contribution in [2.45, 2.75) is 18.9 Å². The quantitative estimate of drug-likeness (QED) is 0.352. The molecule has 2 aromatic carbocycles. The van der Waals surface area contributed by atoms with Crippen molar-refractivity contribution in [1.29, 1.82) is 0 Å². The number of carboxylic acid groups (broad SMARTS) is 1. The van der Waals surface area contributed by atoms with E-state index in [0.29, 0.717) is 27.6 Å². The van der Waals surface area contributed by atoms with E-state index in [-0.39, 0.29) is 30.7 Å². The van der Waals surface area contributed by atoms with E-state index in [1.807, 2.05) is 0 Å². The van der Waals surface area contributed by atoms with E-state index in [0.717, 1.165) is 0 Å². The molecule has 168 valence electrons. The molecule has 2 N–H and O–H groups in total. The number of carboxylic acids is 1. The van der Waals surface area contributed by atoms with Crippen LogP contribution in [0.15, 0.2) is 48.0 Å². The molecule has 0 saturated carbocycles. The number of methoxy groups -OCH3 is 2. The highest BCUT2D eigenvalue weighted by atomic mass is 35.5. The van der Waals surface area contributed by atoms with Gasteiger partial charge in [-0.1, -0.05) is 17.7 Å². The third-order valence-electron chi connectivity index (χ3n) is 5.17. The van der Waals surface area contributed by atoms with Gasteiger partial charge < -0.3 is 24.6 Å². The number of aliphatic hydroxyl groups is 1. The van der Waals surface area contributed by atoms with Gasteiger partial charge in [-0.2, -0.15) is 0 Å². The SMILES string of the molecule is COc1ccc(C2/C(=C(\O)c3ccc(Cl)cc3)C(=O)C(=O)N2CCCC(=O)O)cc1OC. The molecule has 0 bridgehead atoms. The summed E-state index contributed by atoms with van der Waals surface area (Å²) in [5, 5.41) is 20.4. The van der Waals surface area contributed by atoms with Gasteiger partial charge in [-0.15, -0.1) is 0 Å². The number of Topliss-reactive ketones (excluding diaryl/α,β-unsaturated/α-hetero) is 1. The number of carbonyl (C=O) groups excluding carboxylic acids is 2. The van der Waals surface area contributed by atoms with Gasteiger partial charge in [0.2, 0.25) is 0 Å². The fraction of sp³-hybridized carbons (Fsp3) is 0.261. The van der Waals surface area contributed by atoms with Crippen LogP contribution in [0.1, 0.15) is 30.0 Å². The van der Waals surface area contributed by atoms with Crippen molar-refractivity contribution >= 4 is 35.0 Å². The Morgan fingerprint density at radius 2 is 1.69 bits per heavy atom. The van der Waals surface area contributed by atoms with E-state index < -0.39 is 23.7 Å². The lowest BCUT2D eigenvalue weighted by molar-refractivity contribution is -0.140. The number of carbonyl (C=O) groups is 3. The molecule has 1 aliphatic rings. The fourth-order valence-corrected chi connectivity index (χ4v) is 3.77. The number of hydrogen-bond acceptors (Lipinski definition) is 6. The first-order valence-electron chi connectivity index (χ1n) is 9.76. The summed E-state index contributed by atoms with van der Waals surface area (Å²) >= 11 is 5.92. The number of benzene rings is 2. The summed E-state index contributed by atoms with van der Waals surface area (Å²) in [5.74, 6) is -2.19. The van der Waals surface area contributed by atoms with Crippen molar-refractivity contribution in [3.8, 4) is 11.5 Å². The van der Waals surface area contributed by atoms with E-state index >= 15 is 0 Å². The molecular formula is C23H22ClNO7. The number of hydrogen-bond donors (Lipinski definition) is 2. The van der Waals surface area contributed by atoms with Gasteiger partial charge in [0.15, 0.2) is 11.5 Å². The van der Waals surface area contributed by atoms with Gasteiger partial charge in [0, 0.05) is 23.6 Å². The van der Waals surface area contributed by atoms with Crippen molar-refractivity contribution in [3.05, 3.63) is 64.2 Å². The Morgan fingerprint density at radius 3 is 2.28 bits per heavy atom. The minimum absolute atomic E-state index is 0.0211. The lowest BCUT2D eigenvalue weighted by Crippen LogP contribution is -2.31. The number of nitrogens with zero attached hydrogens (tertiary/aromatic N) is 1. The zero-order valence-electron chi connectivity index (χ0n) is 17.5. The molecule has 1 unspecified atom stereocenters. The van der Waals surface area contributed by atoms with Gasteiger partial charge in [-0.3, -0.25) is 14.4 Å². The van der Waals surface area contributed by atoms with Crippen LogP contribution in [0, 0.1) is 0 Å². The molecule has 9 heteroatoms. The van der Waals surface area contributed by atoms with Crippen LogP contribution in [-0.4, -0.2) is 53.5 Å². The highest BCUT2D eigenvalue weighted by Crippen LogP contribution is 2.42. The number of amides is 1. The minimum atomic E-state index is -1.01. The second kappa shape index (κ2) is 9.74. The summed E-state index contributed by atoms with van der Waals surface area (Å²) in [7, 11) is 2.94. The van der Waals surface area contributed by atoms with E-state index in [4.69, 9.17) is 26.2 Å². The van der Waals surface area contributed by atoms with Crippen LogP contribution in [0.4, 0.5) is 0 Å². The maximum atomic E-state index is 12.9. The van der Waals surface area contributed by atoms with Crippen LogP contribution in [0.25, 0.3) is 5.76 Å². The number of ether oxygens (including phenoxy) is 2. The average molecular weight is 460 g/mol. The number of aliphatic carboxylic acids is 1. The Bertz CT molecular complexity index is 1080. The first-order valence-corrected chi connectivity index (χ1v) is 10.1. The van der Waals surface area contributed by atoms with Gasteiger partial charge >= 0.3 is 5.97 Å². The third kappa shape index (κ3) is 4.55. The second-order valence-electron chi connectivity index (χ2n) is 7.11. The van der Waals surface area contributed by atoms with E-state index in [1.165, 1.54) is 19.1 Å². The molecule has 8 nitrogen and oxygen atoms in total. The maximum absolute atomic E-state index is 12.9. The highest BCUT2D eigenvalue weighted by Gasteiger charge is 2.46. The summed E-state index contributed by atoms with van der Waals surface area (Å²) in [5.41, 5.74) is 0.732. The number of halogens is 1. The molecule has 1 amide bonds. The summed E-state index contributed by atoms with van der Waals surface area (Å²) in [6.07, 6.45) is -0.0219. The zero-order chi connectivity index (χ0) is 23.4. The largest absolute Gasteiger partial charge is 0.507 e. The molecule has 0 radical (unpaired) electrons. The first-order chi connectivity index (χ1) is 15.3. The topological polar surface area (TPSA) is 113 Å². The Morgan fingerprint density at radius 1 is 1.03 bits per heavy atom. The smallest absolute Gasteiger partial charge is 0.303 e. The highest BCUT2D eigenvalue weighted by molar-refractivity contribution is 6.46. The molecule has 1 atom stereocenters. The molecule has 1 heterocycles. The van der Waals surface area contributed by atoms with Crippen LogP contribution in [0.3, 0.4) is 0 Å². The third-order valence-corrected chi connectivity index (χ3v) is 5.42. The number of likely N-dealkylation sites (tertiary alicyclic amines) is 1. The van der Waals surface area contributed by atoms with Crippen molar-refractivity contribution in [2.75, 3.05) is 20.8 Å². The molecule has 0 aromatic heterocycles. The number of rotatable bonds is 8. The summed E-state index contributed by atoms with van der Waals surface area (Å²) in [6.45, 7) is 0.0211. The molecule has 0 spiro atoms. The molecule has 0 aliphatic carbocycles. The Hall–Kier alpha value is -3.52. The van der Waals surface area contributed by atoms with Crippen molar-refractivity contribution in [3.63, 3.8) is 0 Å². The average Bonchev–Trinajstić information content (AvgIpc) is 3.03. The van der Waals surface area contributed by atoms with Crippen molar-refractivity contribution in [2.24, 2.45) is 0 Å². The van der Waals surface area contributed by atoms with E-state index in [9.17, 15) is 19.5 Å². The number of aliphatic hydroxyl groups excluding tert-OH is 1. The molecule has 3 rings (SSSR count). The van der Waals surface area contributed by atoms with Gasteiger partial charge in [-0.25, -0.2) is 0 Å². The number of ketones is 1. The molecule has 2 aromatic rings. The summed E-state index contributed by atoms with van der Waals surface area (Å²) in [4.78, 5) is 38.0. The van der Waals surface area contributed by atoms with Crippen LogP contribution < -0.4 is 9.47 Å². The normalized spacial score (nSPS) is 17.5. The van der Waals surface area contributed by atoms with Gasteiger partial charge in [0.1, 0.15) is 5.76 Å². The Labute approximate surface area is 189 Å². The summed E-state index contributed by atoms with van der Waals surface area (Å²) in [6, 6.07) is 10.2. The van der Waals surface area contributed by atoms with Crippen LogP contribution in [-0.2, 0) is 14.4 Å². The lowest BCUT2D eigenvalue weighted by atomic mass is 9.95. The van der Waals surface area contributed by atoms with Gasteiger partial charge in [-0.05, 0) is 48.4 Å². The van der Waals surface area contributed by atoms with Crippen molar-refractivity contribution in [1.82, 2.24) is 4.90 Å². The van der Waals surface area contributed by atoms with E-state index in [1.54, 1.807) is 42.5 Å². The monoisotopic (exact) mass is 459 g/mol. The second-order valence-corrected chi connectivity index (χ2v) is 7.55. The summed E-state index contributed by atoms with van der Waals surface area (Å²) < 4.78 is 10.6.